The van der Waals surface area contributed by atoms with Gasteiger partial charge in [-0.25, -0.2) is 14.8 Å². The standard InChI is InChI=1S/C21H16N4OS2/c1-3-19-24-18(11-27-19)25-21(26)23-13(2)14-7-9-15(10-8-14)16-5-4-6-17-20(16)28-12-22-17/h1,4-13H,2H3,(H2,23,25,26)/t13-/m1/s1. The molecule has 4 aromatic rings. The Balaban J connectivity index is 1.45. The molecule has 0 aliphatic rings. The normalized spacial score (nSPS) is 11.7. The first kappa shape index (κ1) is 18.2. The largest absolute Gasteiger partial charge is 0.331 e. The topological polar surface area (TPSA) is 66.9 Å². The number of urea groups is 1. The number of carbonyl (C=O) groups excluding carboxylic acids is 1. The molecule has 0 saturated heterocycles. The van der Waals surface area contributed by atoms with Crippen molar-refractivity contribution in [1.82, 2.24) is 15.3 Å². The van der Waals surface area contributed by atoms with Gasteiger partial charge in [0, 0.05) is 10.9 Å². The highest BCUT2D eigenvalue weighted by Gasteiger charge is 2.12. The maximum atomic E-state index is 12.2. The average Bonchev–Trinajstić information content (AvgIpc) is 3.36. The number of aromatic nitrogens is 2. The summed E-state index contributed by atoms with van der Waals surface area (Å²) in [6.45, 7) is 1.94. The number of nitrogens with one attached hydrogen (secondary N) is 2. The lowest BCUT2D eigenvalue weighted by molar-refractivity contribution is 0.249. The predicted octanol–water partition coefficient (Wildman–Crippen LogP) is 5.28. The van der Waals surface area contributed by atoms with Crippen LogP contribution in [0.3, 0.4) is 0 Å². The Hall–Kier alpha value is -3.21. The highest BCUT2D eigenvalue weighted by Crippen LogP contribution is 2.31. The van der Waals surface area contributed by atoms with Gasteiger partial charge in [0.1, 0.15) is 5.82 Å². The van der Waals surface area contributed by atoms with E-state index in [4.69, 9.17) is 6.42 Å². The van der Waals surface area contributed by atoms with Crippen LogP contribution in [-0.4, -0.2) is 16.0 Å². The van der Waals surface area contributed by atoms with Crippen molar-refractivity contribution in [3.63, 3.8) is 0 Å². The first-order valence-corrected chi connectivity index (χ1v) is 10.3. The zero-order valence-corrected chi connectivity index (χ0v) is 16.6. The molecule has 0 bridgehead atoms. The molecule has 0 aliphatic heterocycles. The van der Waals surface area contributed by atoms with Crippen molar-refractivity contribution in [3.05, 3.63) is 63.9 Å². The molecule has 138 valence electrons. The molecule has 0 fully saturated rings. The molecule has 5 nitrogen and oxygen atoms in total. The van der Waals surface area contributed by atoms with Crippen LogP contribution in [0, 0.1) is 12.3 Å². The first-order chi connectivity index (χ1) is 13.6. The van der Waals surface area contributed by atoms with Gasteiger partial charge in [-0.3, -0.25) is 5.32 Å². The Morgan fingerprint density at radius 3 is 2.75 bits per heavy atom. The molecule has 0 aliphatic carbocycles. The number of amides is 2. The van der Waals surface area contributed by atoms with Gasteiger partial charge < -0.3 is 5.32 Å². The highest BCUT2D eigenvalue weighted by atomic mass is 32.1. The Bertz CT molecular complexity index is 1170. The van der Waals surface area contributed by atoms with Gasteiger partial charge in [0.2, 0.25) is 0 Å². The van der Waals surface area contributed by atoms with Crippen molar-refractivity contribution in [3.8, 4) is 23.5 Å². The molecule has 2 heterocycles. The van der Waals surface area contributed by atoms with Gasteiger partial charge in [-0.15, -0.1) is 29.1 Å². The van der Waals surface area contributed by atoms with Crippen LogP contribution in [0.15, 0.2) is 53.4 Å². The minimum absolute atomic E-state index is 0.154. The smallest absolute Gasteiger partial charge is 0.320 e. The third kappa shape index (κ3) is 3.74. The van der Waals surface area contributed by atoms with Crippen molar-refractivity contribution in [1.29, 1.82) is 0 Å². The summed E-state index contributed by atoms with van der Waals surface area (Å²) in [7, 11) is 0. The number of rotatable bonds is 4. The van der Waals surface area contributed by atoms with Crippen molar-refractivity contribution in [2.24, 2.45) is 0 Å². The van der Waals surface area contributed by atoms with Crippen LogP contribution in [0.2, 0.25) is 0 Å². The highest BCUT2D eigenvalue weighted by molar-refractivity contribution is 7.17. The summed E-state index contributed by atoms with van der Waals surface area (Å²) in [5, 5.41) is 7.86. The molecular formula is C21H16N4OS2. The third-order valence-corrected chi connectivity index (χ3v) is 5.94. The molecule has 28 heavy (non-hydrogen) atoms. The van der Waals surface area contributed by atoms with Gasteiger partial charge in [0.15, 0.2) is 5.01 Å². The van der Waals surface area contributed by atoms with Gasteiger partial charge in [-0.05, 0) is 30.0 Å². The minimum Gasteiger partial charge on any atom is -0.331 e. The van der Waals surface area contributed by atoms with Crippen molar-refractivity contribution in [2.45, 2.75) is 13.0 Å². The zero-order valence-electron chi connectivity index (χ0n) is 15.0. The fourth-order valence-electron chi connectivity index (χ4n) is 2.89. The summed E-state index contributed by atoms with van der Waals surface area (Å²) in [4.78, 5) is 20.7. The van der Waals surface area contributed by atoms with Crippen LogP contribution < -0.4 is 10.6 Å². The van der Waals surface area contributed by atoms with E-state index in [1.54, 1.807) is 16.7 Å². The summed E-state index contributed by atoms with van der Waals surface area (Å²) in [5.41, 5.74) is 6.17. The van der Waals surface area contributed by atoms with Crippen LogP contribution in [0.1, 0.15) is 23.5 Å². The molecule has 2 amide bonds. The molecule has 0 spiro atoms. The van der Waals surface area contributed by atoms with E-state index in [0.717, 1.165) is 22.2 Å². The Labute approximate surface area is 170 Å². The van der Waals surface area contributed by atoms with Gasteiger partial charge in [0.05, 0.1) is 21.8 Å². The molecule has 0 saturated carbocycles. The summed E-state index contributed by atoms with van der Waals surface area (Å²) in [5.74, 6) is 2.90. The second kappa shape index (κ2) is 7.80. The molecule has 2 aromatic carbocycles. The Morgan fingerprint density at radius 1 is 1.18 bits per heavy atom. The fraction of sp³-hybridized carbons (Fsp3) is 0.0952. The number of carbonyl (C=O) groups is 1. The maximum Gasteiger partial charge on any atom is 0.320 e. The Kier molecular flexibility index (Phi) is 5.06. The van der Waals surface area contributed by atoms with Gasteiger partial charge in [-0.1, -0.05) is 36.4 Å². The maximum absolute atomic E-state index is 12.2. The number of nitrogens with zero attached hydrogens (tertiary/aromatic N) is 2. The second-order valence-electron chi connectivity index (χ2n) is 6.13. The average molecular weight is 405 g/mol. The van der Waals surface area contributed by atoms with E-state index in [2.05, 4.69) is 44.7 Å². The SMILES string of the molecule is C#Cc1nc(NC(=O)N[C@H](C)c2ccc(-c3cccc4ncsc34)cc2)cs1. The zero-order chi connectivity index (χ0) is 19.5. The summed E-state index contributed by atoms with van der Waals surface area (Å²) in [6, 6.07) is 13.9. The van der Waals surface area contributed by atoms with Crippen LogP contribution >= 0.6 is 22.7 Å². The number of fused-ring (bicyclic) bond motifs is 1. The van der Waals surface area contributed by atoms with Crippen LogP contribution in [0.4, 0.5) is 10.6 Å². The molecule has 0 unspecified atom stereocenters. The molecule has 1 atom stereocenters. The number of benzene rings is 2. The predicted molar refractivity (Wildman–Crippen MR) is 116 cm³/mol. The number of thiazole rings is 2. The van der Waals surface area contributed by atoms with Crippen LogP contribution in [0.25, 0.3) is 21.3 Å². The molecule has 2 N–H and O–H groups in total. The number of hydrogen-bond acceptors (Lipinski definition) is 5. The lowest BCUT2D eigenvalue weighted by Crippen LogP contribution is -2.31. The summed E-state index contributed by atoms with van der Waals surface area (Å²) < 4.78 is 1.18. The van der Waals surface area contributed by atoms with Crippen molar-refractivity contribution >= 4 is 44.7 Å². The minimum atomic E-state index is -0.320. The summed E-state index contributed by atoms with van der Waals surface area (Å²) in [6.07, 6.45) is 5.30. The molecule has 0 radical (unpaired) electrons. The van der Waals surface area contributed by atoms with E-state index in [0.29, 0.717) is 10.8 Å². The first-order valence-electron chi connectivity index (χ1n) is 8.56. The Morgan fingerprint density at radius 2 is 2.00 bits per heavy atom. The molecule has 7 heteroatoms. The summed E-state index contributed by atoms with van der Waals surface area (Å²) >= 11 is 2.95. The lowest BCUT2D eigenvalue weighted by Gasteiger charge is -2.15. The van der Waals surface area contributed by atoms with Crippen LogP contribution in [0.5, 0.6) is 0 Å². The lowest BCUT2D eigenvalue weighted by atomic mass is 10.0. The number of anilines is 1. The van der Waals surface area contributed by atoms with E-state index in [1.807, 2.05) is 36.7 Å². The quantitative estimate of drug-likeness (QED) is 0.455. The second-order valence-corrected chi connectivity index (χ2v) is 7.84. The third-order valence-electron chi connectivity index (χ3n) is 4.30. The fourth-order valence-corrected chi connectivity index (χ4v) is 4.27. The van der Waals surface area contributed by atoms with E-state index >= 15 is 0 Å². The van der Waals surface area contributed by atoms with Gasteiger partial charge >= 0.3 is 6.03 Å². The van der Waals surface area contributed by atoms with Gasteiger partial charge in [0.25, 0.3) is 0 Å². The van der Waals surface area contributed by atoms with Crippen molar-refractivity contribution in [2.75, 3.05) is 5.32 Å². The van der Waals surface area contributed by atoms with E-state index in [1.165, 1.54) is 16.0 Å². The molecular weight excluding hydrogens is 388 g/mol. The van der Waals surface area contributed by atoms with Gasteiger partial charge in [-0.2, -0.15) is 0 Å². The number of terminal acetylenes is 1. The van der Waals surface area contributed by atoms with E-state index in [9.17, 15) is 4.79 Å². The molecule has 4 rings (SSSR count). The monoisotopic (exact) mass is 404 g/mol. The van der Waals surface area contributed by atoms with Crippen LogP contribution in [-0.2, 0) is 0 Å². The van der Waals surface area contributed by atoms with E-state index < -0.39 is 0 Å². The van der Waals surface area contributed by atoms with E-state index in [-0.39, 0.29) is 12.1 Å². The molecule has 2 aromatic heterocycles. The number of hydrogen-bond donors (Lipinski definition) is 2. The van der Waals surface area contributed by atoms with Crippen molar-refractivity contribution < 1.29 is 4.79 Å².